The quantitative estimate of drug-likeness (QED) is 0.716. The van der Waals surface area contributed by atoms with Gasteiger partial charge in [-0.15, -0.1) is 0 Å². The van der Waals surface area contributed by atoms with E-state index in [1.807, 2.05) is 20.8 Å². The highest BCUT2D eigenvalue weighted by Crippen LogP contribution is 2.25. The van der Waals surface area contributed by atoms with Gasteiger partial charge in [-0.2, -0.15) is 0 Å². The molecule has 1 atom stereocenters. The normalized spacial score (nSPS) is 25.4. The third kappa shape index (κ3) is 6.30. The van der Waals surface area contributed by atoms with Gasteiger partial charge in [-0.1, -0.05) is 0 Å². The Morgan fingerprint density at radius 2 is 1.82 bits per heavy atom. The van der Waals surface area contributed by atoms with Gasteiger partial charge in [-0.3, -0.25) is 0 Å². The Bertz CT molecular complexity index is 633. The number of benzene rings is 1. The van der Waals surface area contributed by atoms with E-state index in [9.17, 15) is 4.79 Å². The molecule has 1 saturated heterocycles. The first-order chi connectivity index (χ1) is 13.3. The van der Waals surface area contributed by atoms with Crippen LogP contribution >= 0.6 is 0 Å². The van der Waals surface area contributed by atoms with Crippen molar-refractivity contribution in [2.75, 3.05) is 29.9 Å². The van der Waals surface area contributed by atoms with Gasteiger partial charge >= 0.3 is 6.09 Å². The minimum atomic E-state index is -0.463. The van der Waals surface area contributed by atoms with Crippen LogP contribution in [0.25, 0.3) is 0 Å². The van der Waals surface area contributed by atoms with Crippen molar-refractivity contribution in [1.29, 1.82) is 0 Å². The van der Waals surface area contributed by atoms with E-state index >= 15 is 0 Å². The lowest BCUT2D eigenvalue weighted by Crippen LogP contribution is -2.40. The number of amides is 1. The van der Waals surface area contributed by atoms with Gasteiger partial charge in [0, 0.05) is 37.1 Å². The second-order valence-corrected chi connectivity index (χ2v) is 9.29. The first kappa shape index (κ1) is 20.8. The highest BCUT2D eigenvalue weighted by Gasteiger charge is 2.26. The molecular formula is C22H36N4O2. The molecule has 2 fully saturated rings. The number of ether oxygens (including phenoxy) is 1. The van der Waals surface area contributed by atoms with Gasteiger partial charge in [0.2, 0.25) is 0 Å². The van der Waals surface area contributed by atoms with Crippen LogP contribution < -0.4 is 21.3 Å². The Morgan fingerprint density at radius 1 is 1.14 bits per heavy atom. The van der Waals surface area contributed by atoms with Crippen LogP contribution in [0.2, 0.25) is 0 Å². The molecule has 0 aromatic heterocycles. The highest BCUT2D eigenvalue weighted by atomic mass is 16.6. The smallest absolute Gasteiger partial charge is 0.407 e. The standard InChI is InChI=1S/C22H36N4O2/c1-22(2,3)28-21(27)25-19-12-13-26(15-19)20-10-8-18(9-11-20)24-14-16-4-6-17(23)7-5-16/h8-11,16-17,19,24H,4-7,12-15,23H2,1-3H3,(H,25,27). The van der Waals surface area contributed by atoms with Crippen LogP contribution in [-0.4, -0.2) is 43.4 Å². The molecule has 1 aliphatic carbocycles. The van der Waals surface area contributed by atoms with E-state index in [0.717, 1.165) is 44.8 Å². The number of nitrogens with zero attached hydrogens (tertiary/aromatic N) is 1. The lowest BCUT2D eigenvalue weighted by Gasteiger charge is -2.26. The van der Waals surface area contributed by atoms with Crippen LogP contribution in [0.3, 0.4) is 0 Å². The van der Waals surface area contributed by atoms with Crippen molar-refractivity contribution in [2.45, 2.75) is 70.6 Å². The zero-order valence-corrected chi connectivity index (χ0v) is 17.5. The zero-order chi connectivity index (χ0) is 20.1. The summed E-state index contributed by atoms with van der Waals surface area (Å²) in [5.74, 6) is 0.734. The van der Waals surface area contributed by atoms with Gasteiger partial charge in [0.25, 0.3) is 0 Å². The van der Waals surface area contributed by atoms with Gasteiger partial charge in [0.1, 0.15) is 5.60 Å². The minimum absolute atomic E-state index is 0.130. The number of nitrogens with one attached hydrogen (secondary N) is 2. The molecule has 3 rings (SSSR count). The average molecular weight is 389 g/mol. The van der Waals surface area contributed by atoms with Gasteiger partial charge < -0.3 is 26.0 Å². The lowest BCUT2D eigenvalue weighted by atomic mass is 9.86. The summed E-state index contributed by atoms with van der Waals surface area (Å²) in [6.45, 7) is 8.42. The molecule has 4 N–H and O–H groups in total. The van der Waals surface area contributed by atoms with Crippen LogP contribution in [-0.2, 0) is 4.74 Å². The fraction of sp³-hybridized carbons (Fsp3) is 0.682. The molecule has 6 nitrogen and oxygen atoms in total. The number of carbonyl (C=O) groups is 1. The van der Waals surface area contributed by atoms with Gasteiger partial charge in [-0.05, 0) is 83.1 Å². The van der Waals surface area contributed by atoms with Gasteiger partial charge in [0.05, 0.1) is 6.04 Å². The maximum Gasteiger partial charge on any atom is 0.407 e. The van der Waals surface area contributed by atoms with Crippen LogP contribution in [0, 0.1) is 5.92 Å². The molecule has 1 unspecified atom stereocenters. The molecule has 1 aromatic carbocycles. The summed E-state index contributed by atoms with van der Waals surface area (Å²) >= 11 is 0. The zero-order valence-electron chi connectivity index (χ0n) is 17.5. The molecule has 0 spiro atoms. The van der Waals surface area contributed by atoms with Gasteiger partial charge in [0.15, 0.2) is 0 Å². The molecule has 1 aromatic rings. The number of hydrogen-bond acceptors (Lipinski definition) is 5. The number of hydrogen-bond donors (Lipinski definition) is 3. The maximum atomic E-state index is 12.0. The van der Waals surface area contributed by atoms with Crippen LogP contribution in [0.5, 0.6) is 0 Å². The van der Waals surface area contributed by atoms with Crippen molar-refractivity contribution >= 4 is 17.5 Å². The fourth-order valence-electron chi connectivity index (χ4n) is 4.03. The van der Waals surface area contributed by atoms with E-state index in [1.165, 1.54) is 24.2 Å². The summed E-state index contributed by atoms with van der Waals surface area (Å²) in [5.41, 5.74) is 7.89. The van der Waals surface area contributed by atoms with E-state index < -0.39 is 5.60 Å². The van der Waals surface area contributed by atoms with Crippen molar-refractivity contribution < 1.29 is 9.53 Å². The Hall–Kier alpha value is -1.95. The van der Waals surface area contributed by atoms with Crippen molar-refractivity contribution in [3.63, 3.8) is 0 Å². The molecule has 0 radical (unpaired) electrons. The minimum Gasteiger partial charge on any atom is -0.444 e. The number of alkyl carbamates (subject to hydrolysis) is 1. The number of carbonyl (C=O) groups excluding carboxylic acids is 1. The maximum absolute atomic E-state index is 12.0. The first-order valence-electron chi connectivity index (χ1n) is 10.6. The monoisotopic (exact) mass is 388 g/mol. The molecule has 1 amide bonds. The summed E-state index contributed by atoms with van der Waals surface area (Å²) in [4.78, 5) is 14.3. The summed E-state index contributed by atoms with van der Waals surface area (Å²) in [5, 5.41) is 6.55. The van der Waals surface area contributed by atoms with Crippen molar-refractivity contribution in [2.24, 2.45) is 11.7 Å². The molecule has 1 aliphatic heterocycles. The van der Waals surface area contributed by atoms with E-state index in [2.05, 4.69) is 39.8 Å². The molecular weight excluding hydrogens is 352 g/mol. The highest BCUT2D eigenvalue weighted by molar-refractivity contribution is 5.68. The number of anilines is 2. The predicted octanol–water partition coefficient (Wildman–Crippen LogP) is 3.72. The van der Waals surface area contributed by atoms with Crippen molar-refractivity contribution in [3.05, 3.63) is 24.3 Å². The molecule has 28 heavy (non-hydrogen) atoms. The molecule has 6 heteroatoms. The van der Waals surface area contributed by atoms with Gasteiger partial charge in [-0.25, -0.2) is 4.79 Å². The van der Waals surface area contributed by atoms with E-state index in [1.54, 1.807) is 0 Å². The Labute approximate surface area is 169 Å². The first-order valence-corrected chi connectivity index (χ1v) is 10.6. The predicted molar refractivity (Wildman–Crippen MR) is 115 cm³/mol. The second-order valence-electron chi connectivity index (χ2n) is 9.29. The van der Waals surface area contributed by atoms with E-state index in [4.69, 9.17) is 10.5 Å². The average Bonchev–Trinajstić information content (AvgIpc) is 3.08. The molecule has 1 heterocycles. The van der Waals surface area contributed by atoms with Crippen LogP contribution in [0.4, 0.5) is 16.2 Å². The summed E-state index contributed by atoms with van der Waals surface area (Å²) in [6.07, 6.45) is 5.36. The summed E-state index contributed by atoms with van der Waals surface area (Å²) in [7, 11) is 0. The Morgan fingerprint density at radius 3 is 2.46 bits per heavy atom. The molecule has 1 saturated carbocycles. The molecule has 156 valence electrons. The largest absolute Gasteiger partial charge is 0.444 e. The van der Waals surface area contributed by atoms with Crippen molar-refractivity contribution in [3.8, 4) is 0 Å². The summed E-state index contributed by atoms with van der Waals surface area (Å²) < 4.78 is 5.36. The van der Waals surface area contributed by atoms with Crippen LogP contribution in [0.1, 0.15) is 52.9 Å². The topological polar surface area (TPSA) is 79.6 Å². The third-order valence-corrected chi connectivity index (χ3v) is 5.63. The van der Waals surface area contributed by atoms with Crippen molar-refractivity contribution in [1.82, 2.24) is 5.32 Å². The SMILES string of the molecule is CC(C)(C)OC(=O)NC1CCN(c2ccc(NCC3CCC(N)CC3)cc2)C1. The molecule has 2 aliphatic rings. The Balaban J connectivity index is 1.43. The number of nitrogens with two attached hydrogens (primary N) is 1. The fourth-order valence-corrected chi connectivity index (χ4v) is 4.03. The van der Waals surface area contributed by atoms with E-state index in [-0.39, 0.29) is 12.1 Å². The third-order valence-electron chi connectivity index (χ3n) is 5.63. The van der Waals surface area contributed by atoms with E-state index in [0.29, 0.717) is 6.04 Å². The molecule has 0 bridgehead atoms. The number of rotatable bonds is 5. The Kier molecular flexibility index (Phi) is 6.70. The second kappa shape index (κ2) is 9.03. The van der Waals surface area contributed by atoms with Crippen LogP contribution in [0.15, 0.2) is 24.3 Å². The lowest BCUT2D eigenvalue weighted by molar-refractivity contribution is 0.0509. The summed E-state index contributed by atoms with van der Waals surface area (Å²) in [6, 6.07) is 9.16.